The lowest BCUT2D eigenvalue weighted by Gasteiger charge is -2.16. The molecule has 4 heteroatoms. The van der Waals surface area contributed by atoms with Crippen LogP contribution < -0.4 is 15.4 Å². The summed E-state index contributed by atoms with van der Waals surface area (Å²) in [6, 6.07) is 7.54. The third-order valence-electron chi connectivity index (χ3n) is 3.30. The molecule has 18 heavy (non-hydrogen) atoms. The first-order valence-electron chi connectivity index (χ1n) is 6.45. The molecule has 0 bridgehead atoms. The first-order valence-corrected chi connectivity index (χ1v) is 6.45. The molecule has 0 saturated carbocycles. The molecule has 2 rings (SSSR count). The highest BCUT2D eigenvalue weighted by atomic mass is 16.5. The molecule has 2 unspecified atom stereocenters. The van der Waals surface area contributed by atoms with E-state index in [1.807, 2.05) is 31.2 Å². The Morgan fingerprint density at radius 1 is 1.44 bits per heavy atom. The van der Waals surface area contributed by atoms with Gasteiger partial charge in [-0.05, 0) is 31.5 Å². The fourth-order valence-corrected chi connectivity index (χ4v) is 2.24. The van der Waals surface area contributed by atoms with Crippen LogP contribution in [-0.4, -0.2) is 25.6 Å². The highest BCUT2D eigenvalue weighted by Crippen LogP contribution is 2.25. The topological polar surface area (TPSA) is 50.4 Å². The van der Waals surface area contributed by atoms with Gasteiger partial charge in [0.15, 0.2) is 0 Å². The SMILES string of the molecule is CCOc1ccccc1NC(=O)C1CNCC1C. The number of hydrogen-bond acceptors (Lipinski definition) is 3. The Balaban J connectivity index is 2.06. The molecular weight excluding hydrogens is 228 g/mol. The molecule has 1 amide bonds. The molecule has 2 N–H and O–H groups in total. The quantitative estimate of drug-likeness (QED) is 0.855. The molecule has 98 valence electrons. The molecule has 0 aliphatic carbocycles. The molecule has 4 nitrogen and oxygen atoms in total. The van der Waals surface area contributed by atoms with Gasteiger partial charge in [0.25, 0.3) is 0 Å². The number of rotatable bonds is 4. The van der Waals surface area contributed by atoms with Gasteiger partial charge in [0.05, 0.1) is 18.2 Å². The number of nitrogens with one attached hydrogen (secondary N) is 2. The van der Waals surface area contributed by atoms with E-state index in [1.165, 1.54) is 0 Å². The Labute approximate surface area is 108 Å². The van der Waals surface area contributed by atoms with Crippen molar-refractivity contribution < 1.29 is 9.53 Å². The van der Waals surface area contributed by atoms with Crippen molar-refractivity contribution in [2.45, 2.75) is 13.8 Å². The molecule has 0 aromatic heterocycles. The molecular formula is C14H20N2O2. The van der Waals surface area contributed by atoms with Gasteiger partial charge in [0.1, 0.15) is 5.75 Å². The summed E-state index contributed by atoms with van der Waals surface area (Å²) in [5.74, 6) is 1.22. The van der Waals surface area contributed by atoms with Crippen molar-refractivity contribution in [1.29, 1.82) is 0 Å². The summed E-state index contributed by atoms with van der Waals surface area (Å²) in [6.07, 6.45) is 0. The van der Waals surface area contributed by atoms with Crippen LogP contribution in [0.15, 0.2) is 24.3 Å². The molecule has 1 heterocycles. The molecule has 1 aliphatic heterocycles. The van der Waals surface area contributed by atoms with Crippen LogP contribution in [0.4, 0.5) is 5.69 Å². The van der Waals surface area contributed by atoms with Gasteiger partial charge in [-0.15, -0.1) is 0 Å². The van der Waals surface area contributed by atoms with Gasteiger partial charge in [0, 0.05) is 6.54 Å². The fourth-order valence-electron chi connectivity index (χ4n) is 2.24. The number of benzene rings is 1. The van der Waals surface area contributed by atoms with Crippen LogP contribution in [-0.2, 0) is 4.79 Å². The number of carbonyl (C=O) groups is 1. The van der Waals surface area contributed by atoms with Crippen LogP contribution in [0.3, 0.4) is 0 Å². The Hall–Kier alpha value is -1.55. The van der Waals surface area contributed by atoms with E-state index in [0.29, 0.717) is 12.5 Å². The maximum atomic E-state index is 12.2. The fraction of sp³-hybridized carbons (Fsp3) is 0.500. The van der Waals surface area contributed by atoms with Gasteiger partial charge in [-0.3, -0.25) is 4.79 Å². The van der Waals surface area contributed by atoms with Crippen molar-refractivity contribution in [3.63, 3.8) is 0 Å². The maximum Gasteiger partial charge on any atom is 0.229 e. The number of ether oxygens (including phenoxy) is 1. The van der Waals surface area contributed by atoms with Crippen molar-refractivity contribution >= 4 is 11.6 Å². The van der Waals surface area contributed by atoms with E-state index in [2.05, 4.69) is 17.6 Å². The minimum Gasteiger partial charge on any atom is -0.492 e. The lowest BCUT2D eigenvalue weighted by Crippen LogP contribution is -2.28. The first-order chi connectivity index (χ1) is 8.72. The van der Waals surface area contributed by atoms with Gasteiger partial charge < -0.3 is 15.4 Å². The first kappa shape index (κ1) is 12.9. The second-order valence-electron chi connectivity index (χ2n) is 4.66. The summed E-state index contributed by atoms with van der Waals surface area (Å²) in [5, 5.41) is 6.20. The largest absolute Gasteiger partial charge is 0.492 e. The lowest BCUT2D eigenvalue weighted by atomic mass is 9.97. The van der Waals surface area contributed by atoms with Crippen molar-refractivity contribution in [3.05, 3.63) is 24.3 Å². The summed E-state index contributed by atoms with van der Waals surface area (Å²) < 4.78 is 5.50. The monoisotopic (exact) mass is 248 g/mol. The molecule has 1 aromatic rings. The zero-order valence-electron chi connectivity index (χ0n) is 10.9. The minimum absolute atomic E-state index is 0.0414. The number of amides is 1. The van der Waals surface area contributed by atoms with Crippen LogP contribution in [0.25, 0.3) is 0 Å². The number of para-hydroxylation sites is 2. The van der Waals surface area contributed by atoms with Gasteiger partial charge in [-0.2, -0.15) is 0 Å². The zero-order chi connectivity index (χ0) is 13.0. The van der Waals surface area contributed by atoms with Crippen LogP contribution in [0.1, 0.15) is 13.8 Å². The molecule has 1 fully saturated rings. The van der Waals surface area contributed by atoms with E-state index in [1.54, 1.807) is 0 Å². The Kier molecular flexibility index (Phi) is 4.20. The normalized spacial score (nSPS) is 22.8. The smallest absolute Gasteiger partial charge is 0.229 e. The predicted octanol–water partition coefficient (Wildman–Crippen LogP) is 1.88. The maximum absolute atomic E-state index is 12.2. The average molecular weight is 248 g/mol. The third kappa shape index (κ3) is 2.82. The second kappa shape index (κ2) is 5.87. The van der Waals surface area contributed by atoms with E-state index in [9.17, 15) is 4.79 Å². The highest BCUT2D eigenvalue weighted by Gasteiger charge is 2.29. The van der Waals surface area contributed by atoms with E-state index in [-0.39, 0.29) is 11.8 Å². The molecule has 0 radical (unpaired) electrons. The summed E-state index contributed by atoms with van der Waals surface area (Å²) >= 11 is 0. The van der Waals surface area contributed by atoms with E-state index in [4.69, 9.17) is 4.74 Å². The molecule has 1 aliphatic rings. The number of hydrogen-bond donors (Lipinski definition) is 2. The van der Waals surface area contributed by atoms with Crippen LogP contribution >= 0.6 is 0 Å². The second-order valence-corrected chi connectivity index (χ2v) is 4.66. The van der Waals surface area contributed by atoms with Crippen LogP contribution in [0.5, 0.6) is 5.75 Å². The Morgan fingerprint density at radius 3 is 2.89 bits per heavy atom. The summed E-state index contributed by atoms with van der Waals surface area (Å²) in [7, 11) is 0. The molecule has 1 aromatic carbocycles. The third-order valence-corrected chi connectivity index (χ3v) is 3.30. The zero-order valence-corrected chi connectivity index (χ0v) is 10.9. The minimum atomic E-state index is 0.0414. The highest BCUT2D eigenvalue weighted by molar-refractivity contribution is 5.94. The Bertz CT molecular complexity index is 420. The molecule has 2 atom stereocenters. The standard InChI is InChI=1S/C14H20N2O2/c1-3-18-13-7-5-4-6-12(13)16-14(17)11-9-15-8-10(11)2/h4-7,10-11,15H,3,8-9H2,1-2H3,(H,16,17). The van der Waals surface area contributed by atoms with Gasteiger partial charge in [-0.1, -0.05) is 19.1 Å². The van der Waals surface area contributed by atoms with E-state index < -0.39 is 0 Å². The van der Waals surface area contributed by atoms with Gasteiger partial charge in [-0.25, -0.2) is 0 Å². The van der Waals surface area contributed by atoms with Crippen molar-refractivity contribution in [2.75, 3.05) is 25.0 Å². The van der Waals surface area contributed by atoms with Gasteiger partial charge >= 0.3 is 0 Å². The Morgan fingerprint density at radius 2 is 2.22 bits per heavy atom. The number of anilines is 1. The average Bonchev–Trinajstić information content (AvgIpc) is 2.78. The summed E-state index contributed by atoms with van der Waals surface area (Å²) in [4.78, 5) is 12.2. The van der Waals surface area contributed by atoms with Crippen LogP contribution in [0.2, 0.25) is 0 Å². The van der Waals surface area contributed by atoms with E-state index >= 15 is 0 Å². The summed E-state index contributed by atoms with van der Waals surface area (Å²) in [5.41, 5.74) is 0.753. The van der Waals surface area contributed by atoms with E-state index in [0.717, 1.165) is 24.5 Å². The van der Waals surface area contributed by atoms with Crippen LogP contribution in [0, 0.1) is 11.8 Å². The number of carbonyl (C=O) groups excluding carboxylic acids is 1. The van der Waals surface area contributed by atoms with Crippen molar-refractivity contribution in [1.82, 2.24) is 5.32 Å². The summed E-state index contributed by atoms with van der Waals surface area (Å²) in [6.45, 7) is 6.28. The molecule has 0 spiro atoms. The van der Waals surface area contributed by atoms with Gasteiger partial charge in [0.2, 0.25) is 5.91 Å². The lowest BCUT2D eigenvalue weighted by molar-refractivity contribution is -0.120. The molecule has 1 saturated heterocycles. The van der Waals surface area contributed by atoms with Crippen molar-refractivity contribution in [3.8, 4) is 5.75 Å². The predicted molar refractivity (Wildman–Crippen MR) is 71.8 cm³/mol. The van der Waals surface area contributed by atoms with Crippen molar-refractivity contribution in [2.24, 2.45) is 11.8 Å².